The smallest absolute Gasteiger partial charge is 0.423 e. The molecule has 0 radical (unpaired) electrons. The summed E-state index contributed by atoms with van der Waals surface area (Å²) in [6.45, 7) is 2.11. The van der Waals surface area contributed by atoms with Crippen LogP contribution >= 0.6 is 0 Å². The lowest BCUT2D eigenvalue weighted by molar-refractivity contribution is -0.188. The molecule has 1 aliphatic carbocycles. The number of hydrogen-bond donors (Lipinski definition) is 0. The zero-order valence-electron chi connectivity index (χ0n) is 14.5. The first-order valence-corrected chi connectivity index (χ1v) is 8.68. The molecule has 2 aromatic rings. The predicted octanol–water partition coefficient (Wildman–Crippen LogP) is 6.67. The first-order chi connectivity index (χ1) is 12.7. The average Bonchev–Trinajstić information content (AvgIpc) is 2.61. The molecule has 2 aromatic carbocycles. The number of ether oxygens (including phenoxy) is 1. The van der Waals surface area contributed by atoms with Crippen LogP contribution in [0.2, 0.25) is 0 Å². The van der Waals surface area contributed by atoms with Gasteiger partial charge in [0.15, 0.2) is 29.0 Å². The van der Waals surface area contributed by atoms with Gasteiger partial charge in [-0.2, -0.15) is 8.78 Å². The van der Waals surface area contributed by atoms with Crippen molar-refractivity contribution in [2.24, 2.45) is 5.92 Å². The summed E-state index contributed by atoms with van der Waals surface area (Å²) in [5.74, 6) is -6.09. The topological polar surface area (TPSA) is 9.23 Å². The summed E-state index contributed by atoms with van der Waals surface area (Å²) in [4.78, 5) is 0. The Balaban J connectivity index is 1.85. The van der Waals surface area contributed by atoms with Gasteiger partial charge in [0.05, 0.1) is 5.56 Å². The largest absolute Gasteiger partial charge is 0.427 e. The van der Waals surface area contributed by atoms with Crippen LogP contribution in [0.1, 0.15) is 49.7 Å². The highest BCUT2D eigenvalue weighted by atomic mass is 19.3. The van der Waals surface area contributed by atoms with Crippen molar-refractivity contribution in [3.8, 4) is 5.75 Å². The molecule has 0 amide bonds. The third kappa shape index (κ3) is 4.22. The molecular formula is C20H18F6O. The molecular weight excluding hydrogens is 370 g/mol. The van der Waals surface area contributed by atoms with E-state index in [0.717, 1.165) is 37.8 Å². The van der Waals surface area contributed by atoms with Crippen molar-refractivity contribution < 1.29 is 31.1 Å². The number of halogens is 6. The summed E-state index contributed by atoms with van der Waals surface area (Å²) in [5, 5.41) is 0. The summed E-state index contributed by atoms with van der Waals surface area (Å²) in [7, 11) is 0. The van der Waals surface area contributed by atoms with E-state index in [2.05, 4.69) is 11.7 Å². The molecule has 0 heterocycles. The van der Waals surface area contributed by atoms with E-state index in [1.165, 1.54) is 0 Å². The second-order valence-electron chi connectivity index (χ2n) is 7.02. The Bertz CT molecular complexity index is 804. The van der Waals surface area contributed by atoms with Crippen LogP contribution in [0.4, 0.5) is 26.3 Å². The zero-order chi connectivity index (χ0) is 19.8. The standard InChI is InChI=1S/C20H18F6O/c1-11-2-4-12(5-3-11)13-8-17(23)19(18(24)9-13)27-20(25,26)14-6-7-15(21)16(22)10-14/h6-12H,2-5H2,1H3. The number of alkyl halides is 2. The van der Waals surface area contributed by atoms with Crippen LogP contribution in [0.25, 0.3) is 0 Å². The van der Waals surface area contributed by atoms with E-state index in [9.17, 15) is 26.3 Å². The lowest BCUT2D eigenvalue weighted by Gasteiger charge is -2.27. The van der Waals surface area contributed by atoms with Crippen LogP contribution in [0.15, 0.2) is 30.3 Å². The van der Waals surface area contributed by atoms with Crippen LogP contribution in [0, 0.1) is 29.2 Å². The van der Waals surface area contributed by atoms with Gasteiger partial charge >= 0.3 is 6.11 Å². The molecule has 0 unspecified atom stereocenters. The average molecular weight is 388 g/mol. The van der Waals surface area contributed by atoms with E-state index < -0.39 is 40.7 Å². The van der Waals surface area contributed by atoms with E-state index in [1.54, 1.807) is 0 Å². The normalized spacial score (nSPS) is 20.6. The van der Waals surface area contributed by atoms with Gasteiger partial charge in [0.1, 0.15) is 0 Å². The summed E-state index contributed by atoms with van der Waals surface area (Å²) >= 11 is 0. The molecule has 1 saturated carbocycles. The predicted molar refractivity (Wildman–Crippen MR) is 87.6 cm³/mol. The Labute approximate surface area is 153 Å². The Morgan fingerprint density at radius 2 is 1.41 bits per heavy atom. The van der Waals surface area contributed by atoms with Crippen molar-refractivity contribution in [2.75, 3.05) is 0 Å². The summed E-state index contributed by atoms with van der Waals surface area (Å²) < 4.78 is 87.3. The van der Waals surface area contributed by atoms with Crippen LogP contribution in [-0.2, 0) is 6.11 Å². The first-order valence-electron chi connectivity index (χ1n) is 8.68. The van der Waals surface area contributed by atoms with Gasteiger partial charge in [-0.05, 0) is 60.6 Å². The summed E-state index contributed by atoms with van der Waals surface area (Å²) in [6.07, 6.45) is -0.838. The molecule has 1 aliphatic rings. The molecule has 146 valence electrons. The van der Waals surface area contributed by atoms with E-state index in [0.29, 0.717) is 23.6 Å². The van der Waals surface area contributed by atoms with Crippen LogP contribution in [0.5, 0.6) is 5.75 Å². The Morgan fingerprint density at radius 1 is 0.815 bits per heavy atom. The van der Waals surface area contributed by atoms with E-state index in [-0.39, 0.29) is 12.0 Å². The minimum absolute atomic E-state index is 0.0362. The van der Waals surface area contributed by atoms with Gasteiger partial charge in [-0.3, -0.25) is 0 Å². The van der Waals surface area contributed by atoms with Gasteiger partial charge in [-0.15, -0.1) is 0 Å². The number of benzene rings is 2. The Kier molecular flexibility index (Phi) is 5.40. The molecule has 0 N–H and O–H groups in total. The maximum absolute atomic E-state index is 14.3. The highest BCUT2D eigenvalue weighted by Gasteiger charge is 2.37. The van der Waals surface area contributed by atoms with Gasteiger partial charge in [-0.25, -0.2) is 17.6 Å². The highest BCUT2D eigenvalue weighted by Crippen LogP contribution is 2.40. The van der Waals surface area contributed by atoms with Gasteiger partial charge in [-0.1, -0.05) is 19.8 Å². The molecule has 0 bridgehead atoms. The second kappa shape index (κ2) is 7.44. The van der Waals surface area contributed by atoms with Crippen molar-refractivity contribution in [3.63, 3.8) is 0 Å². The molecule has 3 rings (SSSR count). The first kappa shape index (κ1) is 19.6. The third-order valence-corrected chi connectivity index (χ3v) is 4.99. The van der Waals surface area contributed by atoms with E-state index >= 15 is 0 Å². The van der Waals surface area contributed by atoms with Gasteiger partial charge in [0.25, 0.3) is 0 Å². The fourth-order valence-electron chi connectivity index (χ4n) is 3.37. The maximum atomic E-state index is 14.3. The molecule has 0 atom stereocenters. The Morgan fingerprint density at radius 3 is 1.96 bits per heavy atom. The van der Waals surface area contributed by atoms with E-state index in [4.69, 9.17) is 0 Å². The summed E-state index contributed by atoms with van der Waals surface area (Å²) in [5.41, 5.74) is -0.647. The molecule has 0 aliphatic heterocycles. The quantitative estimate of drug-likeness (QED) is 0.532. The van der Waals surface area contributed by atoms with Crippen molar-refractivity contribution in [1.82, 2.24) is 0 Å². The maximum Gasteiger partial charge on any atom is 0.427 e. The molecule has 0 spiro atoms. The van der Waals surface area contributed by atoms with Crippen LogP contribution in [-0.4, -0.2) is 0 Å². The van der Waals surface area contributed by atoms with Crippen LogP contribution < -0.4 is 4.74 Å². The molecule has 7 heteroatoms. The number of rotatable bonds is 4. The SMILES string of the molecule is CC1CCC(c2cc(F)c(OC(F)(F)c3ccc(F)c(F)c3)c(F)c2)CC1. The van der Waals surface area contributed by atoms with Crippen molar-refractivity contribution in [3.05, 3.63) is 64.7 Å². The molecule has 1 fully saturated rings. The molecule has 0 aromatic heterocycles. The van der Waals surface area contributed by atoms with Gasteiger partial charge in [0.2, 0.25) is 0 Å². The van der Waals surface area contributed by atoms with Gasteiger partial charge in [0, 0.05) is 0 Å². The molecule has 27 heavy (non-hydrogen) atoms. The van der Waals surface area contributed by atoms with Gasteiger partial charge < -0.3 is 4.74 Å². The van der Waals surface area contributed by atoms with Crippen LogP contribution in [0.3, 0.4) is 0 Å². The molecule has 0 saturated heterocycles. The lowest BCUT2D eigenvalue weighted by atomic mass is 9.79. The zero-order valence-corrected chi connectivity index (χ0v) is 14.5. The molecule has 1 nitrogen and oxygen atoms in total. The van der Waals surface area contributed by atoms with Crippen molar-refractivity contribution in [1.29, 1.82) is 0 Å². The minimum Gasteiger partial charge on any atom is -0.423 e. The number of hydrogen-bond acceptors (Lipinski definition) is 1. The third-order valence-electron chi connectivity index (χ3n) is 4.99. The van der Waals surface area contributed by atoms with Crippen molar-refractivity contribution >= 4 is 0 Å². The fraction of sp³-hybridized carbons (Fsp3) is 0.400. The monoisotopic (exact) mass is 388 g/mol. The minimum atomic E-state index is -4.24. The van der Waals surface area contributed by atoms with E-state index in [1.807, 2.05) is 0 Å². The van der Waals surface area contributed by atoms with Crippen molar-refractivity contribution in [2.45, 2.75) is 44.6 Å². The highest BCUT2D eigenvalue weighted by molar-refractivity contribution is 5.34. The summed E-state index contributed by atoms with van der Waals surface area (Å²) in [6, 6.07) is 3.30. The second-order valence-corrected chi connectivity index (χ2v) is 7.02. The lowest BCUT2D eigenvalue weighted by Crippen LogP contribution is -2.23. The Hall–Kier alpha value is -2.18. The fourth-order valence-corrected chi connectivity index (χ4v) is 3.37.